The molecule has 1 aliphatic heterocycles. The van der Waals surface area contributed by atoms with Crippen molar-refractivity contribution in [3.8, 4) is 11.1 Å². The Morgan fingerprint density at radius 1 is 1.04 bits per heavy atom. The molecule has 0 saturated carbocycles. The van der Waals surface area contributed by atoms with E-state index in [1.54, 1.807) is 11.8 Å². The van der Waals surface area contributed by atoms with E-state index in [0.29, 0.717) is 5.56 Å². The van der Waals surface area contributed by atoms with Crippen LogP contribution in [-0.2, 0) is 7.05 Å². The van der Waals surface area contributed by atoms with E-state index in [2.05, 4.69) is 30.2 Å². The number of carbonyl (C=O) groups excluding carboxylic acids is 1. The third kappa shape index (κ3) is 3.50. The molecule has 0 spiro atoms. The number of thioether (sulfide) groups is 1. The molecule has 28 heavy (non-hydrogen) atoms. The molecular formula is C23H23N3OS. The van der Waals surface area contributed by atoms with E-state index in [9.17, 15) is 4.79 Å². The van der Waals surface area contributed by atoms with Crippen LogP contribution in [0, 0.1) is 13.8 Å². The summed E-state index contributed by atoms with van der Waals surface area (Å²) >= 11 is 1.72. The quantitative estimate of drug-likeness (QED) is 0.640. The zero-order chi connectivity index (χ0) is 19.7. The van der Waals surface area contributed by atoms with Crippen LogP contribution in [0.15, 0.2) is 59.6 Å². The number of amides is 1. The summed E-state index contributed by atoms with van der Waals surface area (Å²) in [7, 11) is 1.95. The maximum Gasteiger partial charge on any atom is 0.258 e. The number of hydrogen-bond acceptors (Lipinski definition) is 3. The van der Waals surface area contributed by atoms with E-state index < -0.39 is 0 Å². The van der Waals surface area contributed by atoms with E-state index in [1.807, 2.05) is 66.0 Å². The largest absolute Gasteiger partial charge is 0.302 e. The van der Waals surface area contributed by atoms with Crippen molar-refractivity contribution in [2.45, 2.75) is 13.8 Å². The Kier molecular flexibility index (Phi) is 5.09. The van der Waals surface area contributed by atoms with Crippen molar-refractivity contribution >= 4 is 23.7 Å². The standard InChI is InChI=1S/C23H23N3OS/c1-16-21(17(2)25(3)24-16)15-22-26(13-14-28-22)23(27)20-11-9-19(10-12-20)18-7-5-4-6-8-18/h4-12,15H,13-14H2,1-3H3/b22-15+. The zero-order valence-corrected chi connectivity index (χ0v) is 17.2. The van der Waals surface area contributed by atoms with Gasteiger partial charge in [-0.15, -0.1) is 11.8 Å². The third-order valence-electron chi connectivity index (χ3n) is 5.15. The van der Waals surface area contributed by atoms with Gasteiger partial charge >= 0.3 is 0 Å². The van der Waals surface area contributed by atoms with Crippen molar-refractivity contribution in [3.63, 3.8) is 0 Å². The summed E-state index contributed by atoms with van der Waals surface area (Å²) in [5, 5.41) is 5.48. The van der Waals surface area contributed by atoms with Crippen LogP contribution in [0.2, 0.25) is 0 Å². The monoisotopic (exact) mass is 389 g/mol. The highest BCUT2D eigenvalue weighted by atomic mass is 32.2. The molecule has 0 unspecified atom stereocenters. The minimum Gasteiger partial charge on any atom is -0.302 e. The van der Waals surface area contributed by atoms with Gasteiger partial charge in [0.05, 0.1) is 10.7 Å². The second-order valence-electron chi connectivity index (χ2n) is 6.94. The van der Waals surface area contributed by atoms with Crippen LogP contribution in [0.1, 0.15) is 27.3 Å². The minimum atomic E-state index is 0.0510. The predicted molar refractivity (Wildman–Crippen MR) is 116 cm³/mol. The highest BCUT2D eigenvalue weighted by Gasteiger charge is 2.26. The van der Waals surface area contributed by atoms with E-state index in [1.165, 1.54) is 0 Å². The maximum atomic E-state index is 13.1. The average molecular weight is 390 g/mol. The van der Waals surface area contributed by atoms with E-state index in [4.69, 9.17) is 0 Å². The summed E-state index contributed by atoms with van der Waals surface area (Å²) in [6, 6.07) is 18.1. The van der Waals surface area contributed by atoms with Crippen molar-refractivity contribution in [2.24, 2.45) is 7.05 Å². The van der Waals surface area contributed by atoms with Gasteiger partial charge in [0, 0.05) is 36.2 Å². The molecule has 2 aromatic carbocycles. The molecule has 142 valence electrons. The fraction of sp³-hybridized carbons (Fsp3) is 0.217. The fourth-order valence-electron chi connectivity index (χ4n) is 3.46. The lowest BCUT2D eigenvalue weighted by Gasteiger charge is -2.17. The molecule has 1 amide bonds. The van der Waals surface area contributed by atoms with Crippen molar-refractivity contribution < 1.29 is 4.79 Å². The predicted octanol–water partition coefficient (Wildman–Crippen LogP) is 4.89. The molecule has 1 aromatic heterocycles. The van der Waals surface area contributed by atoms with E-state index >= 15 is 0 Å². The zero-order valence-electron chi connectivity index (χ0n) is 16.3. The Labute approximate surface area is 169 Å². The van der Waals surface area contributed by atoms with Gasteiger partial charge in [0.1, 0.15) is 0 Å². The normalized spacial score (nSPS) is 15.4. The number of hydrogen-bond donors (Lipinski definition) is 0. The smallest absolute Gasteiger partial charge is 0.258 e. The maximum absolute atomic E-state index is 13.1. The highest BCUT2D eigenvalue weighted by Crippen LogP contribution is 2.32. The first-order valence-corrected chi connectivity index (χ1v) is 10.3. The van der Waals surface area contributed by atoms with Crippen LogP contribution in [0.3, 0.4) is 0 Å². The van der Waals surface area contributed by atoms with Crippen LogP contribution >= 0.6 is 11.8 Å². The van der Waals surface area contributed by atoms with Crippen molar-refractivity contribution in [2.75, 3.05) is 12.3 Å². The molecule has 0 aliphatic carbocycles. The van der Waals surface area contributed by atoms with Gasteiger partial charge in [0.15, 0.2) is 0 Å². The van der Waals surface area contributed by atoms with Gasteiger partial charge in [-0.25, -0.2) is 0 Å². The number of carbonyl (C=O) groups is 1. The van der Waals surface area contributed by atoms with Crippen molar-refractivity contribution in [1.82, 2.24) is 14.7 Å². The first-order valence-electron chi connectivity index (χ1n) is 9.36. The molecule has 0 radical (unpaired) electrons. The van der Waals surface area contributed by atoms with E-state index in [-0.39, 0.29) is 5.91 Å². The Hall–Kier alpha value is -2.79. The molecule has 5 heteroatoms. The van der Waals surface area contributed by atoms with Crippen molar-refractivity contribution in [3.05, 3.63) is 82.1 Å². The second-order valence-corrected chi connectivity index (χ2v) is 8.05. The molecule has 1 fully saturated rings. The van der Waals surface area contributed by atoms with Crippen molar-refractivity contribution in [1.29, 1.82) is 0 Å². The third-order valence-corrected chi connectivity index (χ3v) is 6.17. The molecule has 0 bridgehead atoms. The molecule has 4 rings (SSSR count). The summed E-state index contributed by atoms with van der Waals surface area (Å²) in [6.07, 6.45) is 2.10. The molecule has 1 saturated heterocycles. The molecule has 3 aromatic rings. The SMILES string of the molecule is Cc1nn(C)c(C)c1/C=C1/SCCN1C(=O)c1ccc(-c2ccccc2)cc1. The molecular weight excluding hydrogens is 366 g/mol. The van der Waals surface area contributed by atoms with Crippen LogP contribution in [0.4, 0.5) is 0 Å². The number of aryl methyl sites for hydroxylation is 2. The molecule has 0 atom stereocenters. The molecule has 4 nitrogen and oxygen atoms in total. The Morgan fingerprint density at radius 3 is 2.36 bits per heavy atom. The first-order chi connectivity index (χ1) is 13.5. The summed E-state index contributed by atoms with van der Waals surface area (Å²) in [5.74, 6) is 0.966. The minimum absolute atomic E-state index is 0.0510. The average Bonchev–Trinajstić information content (AvgIpc) is 3.28. The van der Waals surface area contributed by atoms with Crippen LogP contribution in [0.25, 0.3) is 17.2 Å². The van der Waals surface area contributed by atoms with Crippen LogP contribution in [0.5, 0.6) is 0 Å². The second kappa shape index (κ2) is 7.68. The van der Waals surface area contributed by atoms with Gasteiger partial charge < -0.3 is 4.90 Å². The summed E-state index contributed by atoms with van der Waals surface area (Å²) in [5.41, 5.74) is 6.18. The van der Waals surface area contributed by atoms with Gasteiger partial charge in [-0.2, -0.15) is 5.10 Å². The Balaban J connectivity index is 1.59. The lowest BCUT2D eigenvalue weighted by atomic mass is 10.0. The first kappa shape index (κ1) is 18.6. The summed E-state index contributed by atoms with van der Waals surface area (Å²) < 4.78 is 1.88. The Morgan fingerprint density at radius 2 is 1.71 bits per heavy atom. The highest BCUT2D eigenvalue weighted by molar-refractivity contribution is 8.03. The number of aromatic nitrogens is 2. The fourth-order valence-corrected chi connectivity index (χ4v) is 4.48. The van der Waals surface area contributed by atoms with Gasteiger partial charge in [-0.05, 0) is 43.2 Å². The van der Waals surface area contributed by atoms with Gasteiger partial charge in [0.2, 0.25) is 0 Å². The Bertz CT molecular complexity index is 1040. The van der Waals surface area contributed by atoms with Gasteiger partial charge in [-0.1, -0.05) is 42.5 Å². The summed E-state index contributed by atoms with van der Waals surface area (Å²) in [4.78, 5) is 15.0. The molecule has 1 aliphatic rings. The van der Waals surface area contributed by atoms with Gasteiger partial charge in [0.25, 0.3) is 5.91 Å². The van der Waals surface area contributed by atoms with Crippen LogP contribution in [-0.4, -0.2) is 32.9 Å². The number of rotatable bonds is 3. The number of nitrogens with zero attached hydrogens (tertiary/aromatic N) is 3. The molecule has 2 heterocycles. The number of benzene rings is 2. The van der Waals surface area contributed by atoms with E-state index in [0.717, 1.165) is 45.4 Å². The molecule has 0 N–H and O–H groups in total. The lowest BCUT2D eigenvalue weighted by Crippen LogP contribution is -2.26. The van der Waals surface area contributed by atoms with Crippen LogP contribution < -0.4 is 0 Å². The van der Waals surface area contributed by atoms with Gasteiger partial charge in [-0.3, -0.25) is 9.48 Å². The lowest BCUT2D eigenvalue weighted by molar-refractivity contribution is 0.0831. The topological polar surface area (TPSA) is 38.1 Å². The summed E-state index contributed by atoms with van der Waals surface area (Å²) in [6.45, 7) is 4.79.